The van der Waals surface area contributed by atoms with Crippen molar-refractivity contribution in [3.63, 3.8) is 0 Å². The zero-order chi connectivity index (χ0) is 11.0. The average molecular weight is 191 g/mol. The minimum atomic E-state index is 0.603. The lowest BCUT2D eigenvalue weighted by atomic mass is 10.2. The molecule has 0 heterocycles. The molecule has 0 aromatic heterocycles. The van der Waals surface area contributed by atoms with Crippen LogP contribution in [0.25, 0.3) is 0 Å². The van der Waals surface area contributed by atoms with E-state index < -0.39 is 0 Å². The van der Waals surface area contributed by atoms with E-state index in [1.54, 1.807) is 12.2 Å². The molecule has 0 aliphatic carbocycles. The molecule has 0 saturated carbocycles. The maximum atomic E-state index is 8.59. The van der Waals surface area contributed by atoms with Gasteiger partial charge in [0.15, 0.2) is 0 Å². The van der Waals surface area contributed by atoms with Crippen LogP contribution in [0.2, 0.25) is 0 Å². The second kappa shape index (κ2) is 6.17. The highest BCUT2D eigenvalue weighted by Gasteiger charge is 2.02. The molecule has 0 amide bonds. The van der Waals surface area contributed by atoms with Crippen molar-refractivity contribution in [1.82, 2.24) is 0 Å². The van der Waals surface area contributed by atoms with E-state index in [1.165, 1.54) is 0 Å². The van der Waals surface area contributed by atoms with Gasteiger partial charge in [0, 0.05) is 6.42 Å². The van der Waals surface area contributed by atoms with Gasteiger partial charge in [-0.15, -0.1) is 0 Å². The topological polar surface area (TPSA) is 23.8 Å². The predicted octanol–water partition coefficient (Wildman–Crippen LogP) is 2.27. The molecule has 0 N–H and O–H groups in total. The minimum absolute atomic E-state index is 0.603. The van der Waals surface area contributed by atoms with Gasteiger partial charge in [0.25, 0.3) is 0 Å². The standard InChI is InChI=1S/C12H19N2/c1-5-12(11-13)9-7-6-8-10-14(2,3)4/h5-7,9H,1,8,10H2,2-4H3/q+1/b7-6-,12-9+. The molecule has 0 aliphatic rings. The van der Waals surface area contributed by atoms with E-state index in [9.17, 15) is 0 Å². The number of nitrogens with zero attached hydrogens (tertiary/aromatic N) is 2. The van der Waals surface area contributed by atoms with E-state index in [2.05, 4.69) is 33.8 Å². The monoisotopic (exact) mass is 191 g/mol. The third-order valence-corrected chi connectivity index (χ3v) is 1.73. The van der Waals surface area contributed by atoms with Crippen LogP contribution in [0.5, 0.6) is 0 Å². The van der Waals surface area contributed by atoms with Crippen molar-refractivity contribution in [2.24, 2.45) is 0 Å². The summed E-state index contributed by atoms with van der Waals surface area (Å²) in [6.45, 7) is 4.64. The Morgan fingerprint density at radius 1 is 1.43 bits per heavy atom. The maximum absolute atomic E-state index is 8.59. The van der Waals surface area contributed by atoms with Crippen LogP contribution in [0.1, 0.15) is 6.42 Å². The summed E-state index contributed by atoms with van der Waals surface area (Å²) < 4.78 is 0.959. The second-order valence-electron chi connectivity index (χ2n) is 4.17. The number of rotatable bonds is 5. The molecule has 0 spiro atoms. The predicted molar refractivity (Wildman–Crippen MR) is 60.5 cm³/mol. The lowest BCUT2D eigenvalue weighted by Crippen LogP contribution is -2.34. The average Bonchev–Trinajstić information content (AvgIpc) is 2.09. The van der Waals surface area contributed by atoms with Crippen LogP contribution in [-0.4, -0.2) is 32.2 Å². The molecule has 2 heteroatoms. The van der Waals surface area contributed by atoms with Gasteiger partial charge < -0.3 is 4.48 Å². The van der Waals surface area contributed by atoms with Crippen LogP contribution in [0, 0.1) is 11.3 Å². The van der Waals surface area contributed by atoms with Gasteiger partial charge in [0.1, 0.15) is 0 Å². The fourth-order valence-corrected chi connectivity index (χ4v) is 0.881. The summed E-state index contributed by atoms with van der Waals surface area (Å²) in [5.41, 5.74) is 0.603. The van der Waals surface area contributed by atoms with E-state index in [1.807, 2.05) is 12.1 Å². The highest BCUT2D eigenvalue weighted by atomic mass is 15.3. The third kappa shape index (κ3) is 7.33. The Hall–Kier alpha value is -1.33. The first-order chi connectivity index (χ1) is 6.49. The summed E-state index contributed by atoms with van der Waals surface area (Å²) in [5.74, 6) is 0. The minimum Gasteiger partial charge on any atom is -0.331 e. The maximum Gasteiger partial charge on any atom is 0.0991 e. The second-order valence-corrected chi connectivity index (χ2v) is 4.17. The first-order valence-corrected chi connectivity index (χ1v) is 4.69. The SMILES string of the molecule is C=C/C(C#N)=C\C=C/CC[N+](C)(C)C. The molecule has 0 unspecified atom stereocenters. The molecule has 0 rings (SSSR count). The summed E-state index contributed by atoms with van der Waals surface area (Å²) in [4.78, 5) is 0. The molecule has 0 aliphatic heterocycles. The normalized spacial score (nSPS) is 12.9. The Labute approximate surface area is 87.0 Å². The van der Waals surface area contributed by atoms with E-state index in [0.717, 1.165) is 17.4 Å². The molecule has 0 bridgehead atoms. The Bertz CT molecular complexity index is 272. The smallest absolute Gasteiger partial charge is 0.0991 e. The van der Waals surface area contributed by atoms with Gasteiger partial charge in [-0.25, -0.2) is 0 Å². The van der Waals surface area contributed by atoms with Crippen LogP contribution in [-0.2, 0) is 0 Å². The molecule has 0 saturated heterocycles. The Morgan fingerprint density at radius 2 is 2.07 bits per heavy atom. The molecular formula is C12H19N2+. The van der Waals surface area contributed by atoms with Gasteiger partial charge in [0.05, 0.1) is 39.3 Å². The van der Waals surface area contributed by atoms with Gasteiger partial charge in [-0.05, 0) is 6.08 Å². The Balaban J connectivity index is 3.92. The van der Waals surface area contributed by atoms with Gasteiger partial charge in [-0.1, -0.05) is 24.8 Å². The summed E-state index contributed by atoms with van der Waals surface area (Å²) in [5, 5.41) is 8.59. The number of allylic oxidation sites excluding steroid dienone is 4. The zero-order valence-electron chi connectivity index (χ0n) is 9.33. The molecule has 14 heavy (non-hydrogen) atoms. The molecule has 2 nitrogen and oxygen atoms in total. The molecular weight excluding hydrogens is 172 g/mol. The van der Waals surface area contributed by atoms with Crippen LogP contribution in [0.3, 0.4) is 0 Å². The lowest BCUT2D eigenvalue weighted by molar-refractivity contribution is -0.869. The highest BCUT2D eigenvalue weighted by molar-refractivity contribution is 5.34. The molecule has 0 aromatic rings. The first kappa shape index (κ1) is 12.7. The van der Waals surface area contributed by atoms with Crippen molar-refractivity contribution < 1.29 is 4.48 Å². The van der Waals surface area contributed by atoms with Gasteiger partial charge in [-0.3, -0.25) is 0 Å². The zero-order valence-corrected chi connectivity index (χ0v) is 9.33. The van der Waals surface area contributed by atoms with Crippen molar-refractivity contribution in [1.29, 1.82) is 5.26 Å². The first-order valence-electron chi connectivity index (χ1n) is 4.69. The number of hydrogen-bond acceptors (Lipinski definition) is 1. The van der Waals surface area contributed by atoms with Crippen molar-refractivity contribution >= 4 is 0 Å². The van der Waals surface area contributed by atoms with E-state index in [4.69, 9.17) is 5.26 Å². The summed E-state index contributed by atoms with van der Waals surface area (Å²) in [6, 6.07) is 2.05. The lowest BCUT2D eigenvalue weighted by Gasteiger charge is -2.22. The van der Waals surface area contributed by atoms with Crippen LogP contribution in [0.15, 0.2) is 36.5 Å². The van der Waals surface area contributed by atoms with Crippen LogP contribution >= 0.6 is 0 Å². The van der Waals surface area contributed by atoms with Gasteiger partial charge >= 0.3 is 0 Å². The fourth-order valence-electron chi connectivity index (χ4n) is 0.881. The quantitative estimate of drug-likeness (QED) is 0.371. The number of quaternary nitrogens is 1. The molecule has 76 valence electrons. The van der Waals surface area contributed by atoms with Crippen molar-refractivity contribution in [2.45, 2.75) is 6.42 Å². The largest absolute Gasteiger partial charge is 0.331 e. The van der Waals surface area contributed by atoms with Gasteiger partial charge in [-0.2, -0.15) is 5.26 Å². The Morgan fingerprint density at radius 3 is 2.50 bits per heavy atom. The number of hydrogen-bond donors (Lipinski definition) is 0. The summed E-state index contributed by atoms with van der Waals surface area (Å²) in [7, 11) is 6.48. The van der Waals surface area contributed by atoms with E-state index in [0.29, 0.717) is 5.57 Å². The molecule has 0 fully saturated rings. The molecule has 0 aromatic carbocycles. The highest BCUT2D eigenvalue weighted by Crippen LogP contribution is 1.97. The van der Waals surface area contributed by atoms with Crippen LogP contribution in [0.4, 0.5) is 0 Å². The van der Waals surface area contributed by atoms with E-state index in [-0.39, 0.29) is 0 Å². The summed E-state index contributed by atoms with van der Waals surface area (Å²) in [6.07, 6.45) is 8.35. The van der Waals surface area contributed by atoms with Crippen molar-refractivity contribution in [3.8, 4) is 6.07 Å². The number of nitriles is 1. The van der Waals surface area contributed by atoms with Gasteiger partial charge in [0.2, 0.25) is 0 Å². The van der Waals surface area contributed by atoms with Crippen molar-refractivity contribution in [2.75, 3.05) is 27.7 Å². The third-order valence-electron chi connectivity index (χ3n) is 1.73. The fraction of sp³-hybridized carbons (Fsp3) is 0.417. The van der Waals surface area contributed by atoms with Crippen molar-refractivity contribution in [3.05, 3.63) is 36.5 Å². The van der Waals surface area contributed by atoms with E-state index >= 15 is 0 Å². The molecule has 0 radical (unpaired) electrons. The van der Waals surface area contributed by atoms with Crippen LogP contribution < -0.4 is 0 Å². The Kier molecular flexibility index (Phi) is 5.59. The molecule has 0 atom stereocenters. The summed E-state index contributed by atoms with van der Waals surface area (Å²) >= 11 is 0.